The van der Waals surface area contributed by atoms with Crippen LogP contribution in [-0.4, -0.2) is 30.9 Å². The Labute approximate surface area is 147 Å². The van der Waals surface area contributed by atoms with Crippen LogP contribution in [0.4, 0.5) is 5.69 Å². The highest BCUT2D eigenvalue weighted by Gasteiger charge is 2.09. The van der Waals surface area contributed by atoms with Crippen LogP contribution in [0.2, 0.25) is 0 Å². The van der Waals surface area contributed by atoms with Crippen molar-refractivity contribution in [3.8, 4) is 11.3 Å². The van der Waals surface area contributed by atoms with Crippen molar-refractivity contribution >= 4 is 22.5 Å². The summed E-state index contributed by atoms with van der Waals surface area (Å²) in [6.07, 6.45) is 5.01. The molecule has 8 heteroatoms. The van der Waals surface area contributed by atoms with E-state index in [1.54, 1.807) is 42.9 Å². The number of amides is 1. The second kappa shape index (κ2) is 6.60. The molecule has 4 rings (SSSR count). The van der Waals surface area contributed by atoms with E-state index < -0.39 is 0 Å². The van der Waals surface area contributed by atoms with Gasteiger partial charge in [0.05, 0.1) is 17.4 Å². The molecular weight excluding hydrogens is 332 g/mol. The van der Waals surface area contributed by atoms with Crippen LogP contribution in [0.25, 0.3) is 22.2 Å². The summed E-state index contributed by atoms with van der Waals surface area (Å²) in [6, 6.07) is 12.0. The number of H-pyrrole nitrogens is 1. The number of nitrogens with one attached hydrogen (secondary N) is 2. The molecule has 4 aromatic rings. The van der Waals surface area contributed by atoms with Crippen LogP contribution in [0.1, 0.15) is 0 Å². The van der Waals surface area contributed by atoms with E-state index in [1.807, 2.05) is 12.1 Å². The van der Waals surface area contributed by atoms with Crippen LogP contribution < -0.4 is 10.9 Å². The standard InChI is InChI=1S/C18H14N6O2/c25-17(21-14-4-3-13-10-20-22-16(13)8-14)11-24-18(26)6-5-15(23-24)12-2-1-7-19-9-12/h1-10H,11H2,(H,20,22)(H,21,25). The number of hydrogen-bond donors (Lipinski definition) is 2. The van der Waals surface area contributed by atoms with Crippen LogP contribution >= 0.6 is 0 Å². The van der Waals surface area contributed by atoms with Gasteiger partial charge in [-0.25, -0.2) is 4.68 Å². The Kier molecular flexibility index (Phi) is 3.98. The zero-order valence-electron chi connectivity index (χ0n) is 13.6. The lowest BCUT2D eigenvalue weighted by Gasteiger charge is -2.08. The lowest BCUT2D eigenvalue weighted by atomic mass is 10.2. The van der Waals surface area contributed by atoms with E-state index in [1.165, 1.54) is 6.07 Å². The quantitative estimate of drug-likeness (QED) is 0.586. The maximum atomic E-state index is 12.3. The van der Waals surface area contributed by atoms with Crippen molar-refractivity contribution in [1.82, 2.24) is 25.0 Å². The van der Waals surface area contributed by atoms with Crippen molar-refractivity contribution in [2.75, 3.05) is 5.32 Å². The van der Waals surface area contributed by atoms with Crippen molar-refractivity contribution in [2.24, 2.45) is 0 Å². The zero-order valence-corrected chi connectivity index (χ0v) is 13.6. The first-order valence-corrected chi connectivity index (χ1v) is 7.90. The molecular formula is C18H14N6O2. The van der Waals surface area contributed by atoms with Crippen LogP contribution in [0, 0.1) is 0 Å². The Morgan fingerprint density at radius 1 is 1.15 bits per heavy atom. The summed E-state index contributed by atoms with van der Waals surface area (Å²) in [5, 5.41) is 14.7. The molecule has 2 N–H and O–H groups in total. The molecule has 0 fully saturated rings. The van der Waals surface area contributed by atoms with Crippen molar-refractivity contribution < 1.29 is 4.79 Å². The van der Waals surface area contributed by atoms with Gasteiger partial charge >= 0.3 is 0 Å². The number of benzene rings is 1. The van der Waals surface area contributed by atoms with Gasteiger partial charge in [0.2, 0.25) is 5.91 Å². The second-order valence-corrected chi connectivity index (χ2v) is 5.68. The van der Waals surface area contributed by atoms with Gasteiger partial charge in [-0.05, 0) is 36.4 Å². The van der Waals surface area contributed by atoms with Gasteiger partial charge in [-0.3, -0.25) is 19.7 Å². The predicted molar refractivity (Wildman–Crippen MR) is 96.5 cm³/mol. The minimum Gasteiger partial charge on any atom is -0.324 e. The molecule has 0 saturated carbocycles. The van der Waals surface area contributed by atoms with E-state index in [2.05, 4.69) is 25.6 Å². The minimum absolute atomic E-state index is 0.187. The Morgan fingerprint density at radius 2 is 2.08 bits per heavy atom. The summed E-state index contributed by atoms with van der Waals surface area (Å²) in [6.45, 7) is -0.187. The van der Waals surface area contributed by atoms with Crippen LogP contribution in [0.5, 0.6) is 0 Å². The van der Waals surface area contributed by atoms with Gasteiger partial charge in [0.25, 0.3) is 5.56 Å². The SMILES string of the molecule is O=C(Cn1nc(-c2cccnc2)ccc1=O)Nc1ccc2cn[nH]c2c1. The summed E-state index contributed by atoms with van der Waals surface area (Å²) >= 11 is 0. The molecule has 8 nitrogen and oxygen atoms in total. The Morgan fingerprint density at radius 3 is 2.92 bits per heavy atom. The molecule has 0 aliphatic rings. The number of carbonyl (C=O) groups excluding carboxylic acids is 1. The van der Waals surface area contributed by atoms with Gasteiger partial charge in [0, 0.05) is 35.1 Å². The van der Waals surface area contributed by atoms with Crippen molar-refractivity contribution in [3.05, 3.63) is 71.4 Å². The highest BCUT2D eigenvalue weighted by atomic mass is 16.2. The van der Waals surface area contributed by atoms with Gasteiger partial charge in [-0.15, -0.1) is 0 Å². The number of anilines is 1. The largest absolute Gasteiger partial charge is 0.324 e. The van der Waals surface area contributed by atoms with Gasteiger partial charge in [0.15, 0.2) is 0 Å². The molecule has 0 unspecified atom stereocenters. The molecule has 3 heterocycles. The Balaban J connectivity index is 1.54. The van der Waals surface area contributed by atoms with Crippen LogP contribution in [-0.2, 0) is 11.3 Å². The maximum Gasteiger partial charge on any atom is 0.267 e. The summed E-state index contributed by atoms with van der Waals surface area (Å²) < 4.78 is 1.13. The lowest BCUT2D eigenvalue weighted by molar-refractivity contribution is -0.117. The molecule has 0 bridgehead atoms. The number of nitrogens with zero attached hydrogens (tertiary/aromatic N) is 4. The van der Waals surface area contributed by atoms with Crippen LogP contribution in [0.15, 0.2) is 65.8 Å². The normalized spacial score (nSPS) is 10.8. The topological polar surface area (TPSA) is 106 Å². The molecule has 0 spiro atoms. The second-order valence-electron chi connectivity index (χ2n) is 5.68. The first kappa shape index (κ1) is 15.7. The van der Waals surface area contributed by atoms with Gasteiger partial charge in [0.1, 0.15) is 6.54 Å². The summed E-state index contributed by atoms with van der Waals surface area (Å²) in [5.41, 5.74) is 2.42. The van der Waals surface area contributed by atoms with Gasteiger partial charge in [-0.2, -0.15) is 10.2 Å². The monoisotopic (exact) mass is 346 g/mol. The summed E-state index contributed by atoms with van der Waals surface area (Å²) in [7, 11) is 0. The molecule has 0 saturated heterocycles. The average Bonchev–Trinajstić information content (AvgIpc) is 3.12. The average molecular weight is 346 g/mol. The first-order chi connectivity index (χ1) is 12.7. The minimum atomic E-state index is -0.350. The van der Waals surface area contributed by atoms with E-state index in [4.69, 9.17) is 0 Å². The van der Waals surface area contributed by atoms with E-state index >= 15 is 0 Å². The zero-order chi connectivity index (χ0) is 17.9. The fraction of sp³-hybridized carbons (Fsp3) is 0.0556. The van der Waals surface area contributed by atoms with Crippen LogP contribution in [0.3, 0.4) is 0 Å². The highest BCUT2D eigenvalue weighted by Crippen LogP contribution is 2.16. The number of aromatic nitrogens is 5. The Hall–Kier alpha value is -3.81. The van der Waals surface area contributed by atoms with E-state index in [-0.39, 0.29) is 18.0 Å². The number of aromatic amines is 1. The molecule has 26 heavy (non-hydrogen) atoms. The van der Waals surface area contributed by atoms with E-state index in [0.29, 0.717) is 11.4 Å². The fourth-order valence-electron chi connectivity index (χ4n) is 2.58. The Bertz CT molecular complexity index is 1130. The maximum absolute atomic E-state index is 12.3. The van der Waals surface area contributed by atoms with Gasteiger partial charge < -0.3 is 5.32 Å². The summed E-state index contributed by atoms with van der Waals surface area (Å²) in [4.78, 5) is 28.4. The number of rotatable bonds is 4. The third-order valence-corrected chi connectivity index (χ3v) is 3.84. The summed E-state index contributed by atoms with van der Waals surface area (Å²) in [5.74, 6) is -0.346. The molecule has 128 valence electrons. The lowest BCUT2D eigenvalue weighted by Crippen LogP contribution is -2.29. The smallest absolute Gasteiger partial charge is 0.267 e. The first-order valence-electron chi connectivity index (χ1n) is 7.90. The van der Waals surface area contributed by atoms with Gasteiger partial charge in [-0.1, -0.05) is 0 Å². The fourth-order valence-corrected chi connectivity index (χ4v) is 2.58. The number of pyridine rings is 1. The van der Waals surface area contributed by atoms with Crippen molar-refractivity contribution in [2.45, 2.75) is 6.54 Å². The van der Waals surface area contributed by atoms with E-state index in [0.717, 1.165) is 21.1 Å². The molecule has 1 amide bonds. The molecule has 1 aromatic carbocycles. The third kappa shape index (κ3) is 3.20. The molecule has 0 aliphatic heterocycles. The number of hydrogen-bond acceptors (Lipinski definition) is 5. The molecule has 0 atom stereocenters. The van der Waals surface area contributed by atoms with Crippen molar-refractivity contribution in [1.29, 1.82) is 0 Å². The molecule has 0 radical (unpaired) electrons. The third-order valence-electron chi connectivity index (χ3n) is 3.84. The molecule has 3 aromatic heterocycles. The predicted octanol–water partition coefficient (Wildman–Crippen LogP) is 1.82. The number of carbonyl (C=O) groups is 1. The highest BCUT2D eigenvalue weighted by molar-refractivity contribution is 5.93. The number of fused-ring (bicyclic) bond motifs is 1. The van der Waals surface area contributed by atoms with Crippen molar-refractivity contribution in [3.63, 3.8) is 0 Å². The van der Waals surface area contributed by atoms with E-state index in [9.17, 15) is 9.59 Å². The molecule has 0 aliphatic carbocycles.